The first kappa shape index (κ1) is 25.6. The number of H-pyrrole nitrogens is 1. The van der Waals surface area contributed by atoms with E-state index < -0.39 is 21.7 Å². The molecular formula is C25H30FN5O4S. The first-order chi connectivity index (χ1) is 17.0. The van der Waals surface area contributed by atoms with Gasteiger partial charge in [-0.3, -0.25) is 9.89 Å². The molecule has 2 aromatic heterocycles. The van der Waals surface area contributed by atoms with Crippen LogP contribution >= 0.6 is 0 Å². The Bertz CT molecular complexity index is 1360. The van der Waals surface area contributed by atoms with E-state index in [1.165, 1.54) is 30.5 Å². The summed E-state index contributed by atoms with van der Waals surface area (Å²) >= 11 is 0. The number of pyridine rings is 1. The van der Waals surface area contributed by atoms with Crippen LogP contribution in [0.25, 0.3) is 11.3 Å². The lowest BCUT2D eigenvalue weighted by molar-refractivity contribution is 0.0981. The zero-order valence-electron chi connectivity index (χ0n) is 20.7. The number of aromatic amines is 1. The summed E-state index contributed by atoms with van der Waals surface area (Å²) in [6.45, 7) is 9.16. The van der Waals surface area contributed by atoms with Crippen LogP contribution in [0, 0.1) is 11.7 Å². The van der Waals surface area contributed by atoms with Gasteiger partial charge in [-0.2, -0.15) is 13.5 Å². The van der Waals surface area contributed by atoms with Gasteiger partial charge in [0.05, 0.1) is 24.1 Å². The number of halogens is 1. The van der Waals surface area contributed by atoms with Crippen molar-refractivity contribution in [3.05, 3.63) is 54.0 Å². The van der Waals surface area contributed by atoms with Gasteiger partial charge in [0.2, 0.25) is 0 Å². The molecule has 4 rings (SSSR count). The second-order valence-electron chi connectivity index (χ2n) is 9.87. The van der Waals surface area contributed by atoms with E-state index in [0.29, 0.717) is 36.0 Å². The van der Waals surface area contributed by atoms with E-state index >= 15 is 0 Å². The number of nitrogens with one attached hydrogen (secondary N) is 2. The molecule has 1 amide bonds. The zero-order valence-corrected chi connectivity index (χ0v) is 21.5. The van der Waals surface area contributed by atoms with Crippen molar-refractivity contribution in [2.75, 3.05) is 18.1 Å². The lowest BCUT2D eigenvalue weighted by atomic mass is 10.0. The van der Waals surface area contributed by atoms with Crippen LogP contribution in [0.5, 0.6) is 5.75 Å². The lowest BCUT2D eigenvalue weighted by Gasteiger charge is -2.34. The van der Waals surface area contributed by atoms with Gasteiger partial charge in [0, 0.05) is 23.7 Å². The fourth-order valence-corrected chi connectivity index (χ4v) is 5.05. The molecule has 0 atom stereocenters. The molecule has 9 nitrogen and oxygen atoms in total. The Kier molecular flexibility index (Phi) is 7.03. The highest BCUT2D eigenvalue weighted by Crippen LogP contribution is 2.36. The van der Waals surface area contributed by atoms with Crippen molar-refractivity contribution < 1.29 is 22.3 Å². The van der Waals surface area contributed by atoms with Crippen LogP contribution in [-0.2, 0) is 10.0 Å². The molecule has 0 radical (unpaired) electrons. The second kappa shape index (κ2) is 9.88. The van der Waals surface area contributed by atoms with Crippen LogP contribution in [0.2, 0.25) is 0 Å². The molecule has 0 bridgehead atoms. The quantitative estimate of drug-likeness (QED) is 0.463. The Labute approximate surface area is 210 Å². The molecule has 3 heterocycles. The maximum absolute atomic E-state index is 14.4. The van der Waals surface area contributed by atoms with Crippen LogP contribution in [0.3, 0.4) is 0 Å². The summed E-state index contributed by atoms with van der Waals surface area (Å²) in [5.74, 6) is -0.294. The summed E-state index contributed by atoms with van der Waals surface area (Å²) in [7, 11) is -4.15. The largest absolute Gasteiger partial charge is 0.493 e. The smallest absolute Gasteiger partial charge is 0.281 e. The molecule has 1 aliphatic heterocycles. The van der Waals surface area contributed by atoms with Crippen LogP contribution in [-0.4, -0.2) is 48.2 Å². The van der Waals surface area contributed by atoms with Gasteiger partial charge < -0.3 is 9.64 Å². The number of amides is 1. The van der Waals surface area contributed by atoms with E-state index in [0.717, 1.165) is 12.8 Å². The Morgan fingerprint density at radius 1 is 1.25 bits per heavy atom. The van der Waals surface area contributed by atoms with Gasteiger partial charge in [-0.05, 0) is 62.9 Å². The third-order valence-corrected chi connectivity index (χ3v) is 7.28. The number of carbonyl (C=O) groups is 1. The molecule has 0 unspecified atom stereocenters. The normalized spacial score (nSPS) is 15.3. The van der Waals surface area contributed by atoms with Crippen molar-refractivity contribution in [2.24, 2.45) is 5.92 Å². The van der Waals surface area contributed by atoms with E-state index in [9.17, 15) is 17.6 Å². The van der Waals surface area contributed by atoms with Crippen molar-refractivity contribution >= 4 is 21.7 Å². The molecule has 192 valence electrons. The number of carbonyl (C=O) groups excluding carboxylic acids is 1. The van der Waals surface area contributed by atoms with Gasteiger partial charge >= 0.3 is 0 Å². The highest BCUT2D eigenvalue weighted by Gasteiger charge is 2.36. The first-order valence-electron chi connectivity index (χ1n) is 11.8. The number of sulfonamides is 1. The van der Waals surface area contributed by atoms with Crippen molar-refractivity contribution in [3.63, 3.8) is 0 Å². The number of hydrogen-bond acceptors (Lipinski definition) is 7. The minimum Gasteiger partial charge on any atom is -0.493 e. The Hall–Kier alpha value is -3.47. The first-order valence-corrected chi connectivity index (χ1v) is 13.2. The minimum absolute atomic E-state index is 0.101. The van der Waals surface area contributed by atoms with Crippen LogP contribution in [0.1, 0.15) is 50.9 Å². The number of aromatic nitrogens is 3. The Balaban J connectivity index is 1.75. The third-order valence-electron chi connectivity index (χ3n) is 6.02. The molecule has 1 saturated heterocycles. The highest BCUT2D eigenvalue weighted by molar-refractivity contribution is 7.90. The summed E-state index contributed by atoms with van der Waals surface area (Å²) in [5.41, 5.74) is 0.722. The molecule has 36 heavy (non-hydrogen) atoms. The van der Waals surface area contributed by atoms with E-state index in [1.807, 2.05) is 32.6 Å². The predicted octanol–water partition coefficient (Wildman–Crippen LogP) is 4.14. The van der Waals surface area contributed by atoms with Crippen molar-refractivity contribution in [1.82, 2.24) is 19.9 Å². The fourth-order valence-electron chi connectivity index (χ4n) is 4.17. The zero-order chi connectivity index (χ0) is 26.1. The molecule has 1 aromatic carbocycles. The summed E-state index contributed by atoms with van der Waals surface area (Å²) in [6.07, 6.45) is 3.05. The maximum atomic E-state index is 14.4. The number of rotatable bonds is 8. The summed E-state index contributed by atoms with van der Waals surface area (Å²) < 4.78 is 47.5. The van der Waals surface area contributed by atoms with Crippen LogP contribution in [0.15, 0.2) is 47.6 Å². The summed E-state index contributed by atoms with van der Waals surface area (Å²) in [5, 5.41) is 5.76. The topological polar surface area (TPSA) is 117 Å². The molecule has 11 heteroatoms. The molecule has 1 fully saturated rings. The molecule has 0 spiro atoms. The lowest BCUT2D eigenvalue weighted by Crippen LogP contribution is -2.41. The highest BCUT2D eigenvalue weighted by atomic mass is 32.2. The number of benzene rings is 1. The molecule has 0 saturated carbocycles. The number of nitrogens with zero attached hydrogens (tertiary/aromatic N) is 3. The molecule has 1 aliphatic rings. The monoisotopic (exact) mass is 515 g/mol. The minimum atomic E-state index is -4.15. The van der Waals surface area contributed by atoms with Gasteiger partial charge in [-0.1, -0.05) is 13.8 Å². The molecule has 2 N–H and O–H groups in total. The number of ether oxygens (including phenoxy) is 1. The molecular weight excluding hydrogens is 485 g/mol. The van der Waals surface area contributed by atoms with Crippen LogP contribution < -0.4 is 14.4 Å². The predicted molar refractivity (Wildman–Crippen MR) is 134 cm³/mol. The van der Waals surface area contributed by atoms with Crippen molar-refractivity contribution in [2.45, 2.75) is 51.1 Å². The summed E-state index contributed by atoms with van der Waals surface area (Å²) in [4.78, 5) is 19.9. The summed E-state index contributed by atoms with van der Waals surface area (Å²) in [6, 6.07) is 8.72. The van der Waals surface area contributed by atoms with Crippen LogP contribution in [0.4, 0.5) is 10.2 Å². The van der Waals surface area contributed by atoms with Gasteiger partial charge in [0.1, 0.15) is 17.4 Å². The Morgan fingerprint density at radius 2 is 2.03 bits per heavy atom. The Morgan fingerprint density at radius 3 is 2.67 bits per heavy atom. The SMILES string of the molecule is CC(C)COc1cc(F)cc(-c2ccc(C(=O)NS(=O)(=O)c3ccn[nH]3)c(N3CCCC3(C)C)n2)c1. The average molecular weight is 516 g/mol. The van der Waals surface area contributed by atoms with E-state index in [-0.39, 0.29) is 22.0 Å². The second-order valence-corrected chi connectivity index (χ2v) is 11.5. The van der Waals surface area contributed by atoms with E-state index in [4.69, 9.17) is 9.72 Å². The number of hydrogen-bond donors (Lipinski definition) is 2. The van der Waals surface area contributed by atoms with Gasteiger partial charge in [0.15, 0.2) is 5.03 Å². The van der Waals surface area contributed by atoms with Gasteiger partial charge in [-0.25, -0.2) is 14.1 Å². The number of anilines is 1. The van der Waals surface area contributed by atoms with Gasteiger partial charge in [0.25, 0.3) is 15.9 Å². The van der Waals surface area contributed by atoms with Gasteiger partial charge in [-0.15, -0.1) is 0 Å². The molecule has 3 aromatic rings. The average Bonchev–Trinajstić information content (AvgIpc) is 3.46. The fraction of sp³-hybridized carbons (Fsp3) is 0.400. The van der Waals surface area contributed by atoms with E-state index in [2.05, 4.69) is 14.9 Å². The van der Waals surface area contributed by atoms with E-state index in [1.54, 1.807) is 12.1 Å². The molecule has 0 aliphatic carbocycles. The van der Waals surface area contributed by atoms with Crippen molar-refractivity contribution in [1.29, 1.82) is 0 Å². The maximum Gasteiger partial charge on any atom is 0.281 e. The van der Waals surface area contributed by atoms with Crippen molar-refractivity contribution in [3.8, 4) is 17.0 Å². The third kappa shape index (κ3) is 5.51. The standard InChI is InChI=1S/C25H30FN5O4S/c1-16(2)15-35-19-13-17(12-18(26)14-19)21-7-6-20(23(28-21)31-11-5-9-25(31,3)4)24(32)30-36(33,34)22-8-10-27-29-22/h6-8,10,12-14,16H,5,9,11,15H2,1-4H3,(H,27,29)(H,30,32).